The number of ether oxygens (including phenoxy) is 1. The fourth-order valence-corrected chi connectivity index (χ4v) is 3.95. The van der Waals surface area contributed by atoms with E-state index in [0.29, 0.717) is 5.56 Å². The van der Waals surface area contributed by atoms with Crippen LogP contribution in [0.15, 0.2) is 24.3 Å². The van der Waals surface area contributed by atoms with Crippen molar-refractivity contribution in [2.24, 2.45) is 0 Å². The number of carbonyl (C=O) groups is 1. The maximum atomic E-state index is 13.2. The second kappa shape index (κ2) is 8.65. The van der Waals surface area contributed by atoms with Gasteiger partial charge in [-0.2, -0.15) is 0 Å². The molecule has 1 N–H and O–H groups in total. The largest absolute Gasteiger partial charge is 0.444 e. The molecule has 0 bridgehead atoms. The van der Waals surface area contributed by atoms with Crippen molar-refractivity contribution in [1.29, 1.82) is 0 Å². The van der Waals surface area contributed by atoms with E-state index in [0.717, 1.165) is 5.56 Å². The maximum Gasteiger partial charge on any atom is 0.408 e. The molecular formula is C17H28NO5P. The maximum absolute atomic E-state index is 13.2. The second-order valence-corrected chi connectivity index (χ2v) is 8.45. The van der Waals surface area contributed by atoms with Gasteiger partial charge in [0.25, 0.3) is 0 Å². The number of carbonyl (C=O) groups excluding carboxylic acids is 1. The molecule has 24 heavy (non-hydrogen) atoms. The Balaban J connectivity index is 3.17. The van der Waals surface area contributed by atoms with E-state index in [-0.39, 0.29) is 13.2 Å². The molecule has 0 saturated carbocycles. The summed E-state index contributed by atoms with van der Waals surface area (Å²) in [5.41, 5.74) is 1.03. The molecule has 6 nitrogen and oxygen atoms in total. The van der Waals surface area contributed by atoms with Crippen LogP contribution >= 0.6 is 7.60 Å². The standard InChI is InChI=1S/C17H28NO5P/c1-7-21-24(20,22-8-2)15(14-11-9-13(3)10-12-14)18-16(19)23-17(4,5)6/h9-12,15H,7-8H2,1-6H3,(H,18,19)/t15-/m1/s1. The van der Waals surface area contributed by atoms with Gasteiger partial charge in [0, 0.05) is 0 Å². The lowest BCUT2D eigenvalue weighted by molar-refractivity contribution is 0.0508. The quantitative estimate of drug-likeness (QED) is 0.711. The van der Waals surface area contributed by atoms with Crippen LogP contribution in [-0.2, 0) is 18.3 Å². The molecule has 1 atom stereocenters. The highest BCUT2D eigenvalue weighted by Crippen LogP contribution is 2.59. The molecule has 0 fully saturated rings. The molecule has 1 amide bonds. The molecule has 136 valence electrons. The fraction of sp³-hybridized carbons (Fsp3) is 0.588. The van der Waals surface area contributed by atoms with Crippen LogP contribution in [0.5, 0.6) is 0 Å². The van der Waals surface area contributed by atoms with Crippen LogP contribution in [-0.4, -0.2) is 24.9 Å². The molecule has 0 saturated heterocycles. The van der Waals surface area contributed by atoms with E-state index in [1.807, 2.05) is 19.1 Å². The number of benzene rings is 1. The number of hydrogen-bond acceptors (Lipinski definition) is 5. The van der Waals surface area contributed by atoms with Gasteiger partial charge in [0.05, 0.1) is 13.2 Å². The number of alkyl carbamates (subject to hydrolysis) is 1. The molecule has 1 rings (SSSR count). The Morgan fingerprint density at radius 3 is 2.04 bits per heavy atom. The monoisotopic (exact) mass is 357 g/mol. The van der Waals surface area contributed by atoms with E-state index < -0.39 is 25.1 Å². The van der Waals surface area contributed by atoms with Crippen molar-refractivity contribution in [3.63, 3.8) is 0 Å². The van der Waals surface area contributed by atoms with Gasteiger partial charge in [0.15, 0.2) is 5.78 Å². The topological polar surface area (TPSA) is 73.9 Å². The van der Waals surface area contributed by atoms with E-state index in [1.54, 1.807) is 46.8 Å². The van der Waals surface area contributed by atoms with Crippen LogP contribution < -0.4 is 5.32 Å². The van der Waals surface area contributed by atoms with Crippen LogP contribution in [0.25, 0.3) is 0 Å². The van der Waals surface area contributed by atoms with E-state index in [2.05, 4.69) is 5.32 Å². The van der Waals surface area contributed by atoms with E-state index in [1.165, 1.54) is 0 Å². The van der Waals surface area contributed by atoms with Gasteiger partial charge in [0.1, 0.15) is 5.60 Å². The molecule has 0 radical (unpaired) electrons. The minimum absolute atomic E-state index is 0.204. The van der Waals surface area contributed by atoms with Crippen LogP contribution in [0.3, 0.4) is 0 Å². The zero-order valence-electron chi connectivity index (χ0n) is 15.3. The lowest BCUT2D eigenvalue weighted by Gasteiger charge is -2.28. The highest BCUT2D eigenvalue weighted by molar-refractivity contribution is 7.54. The number of aryl methyl sites for hydroxylation is 1. The highest BCUT2D eigenvalue weighted by Gasteiger charge is 2.39. The van der Waals surface area contributed by atoms with Gasteiger partial charge in [-0.25, -0.2) is 4.79 Å². The molecule has 7 heteroatoms. The molecule has 0 aliphatic heterocycles. The molecule has 0 spiro atoms. The number of hydrogen-bond donors (Lipinski definition) is 1. The minimum Gasteiger partial charge on any atom is -0.444 e. The molecule has 0 aromatic heterocycles. The summed E-state index contributed by atoms with van der Waals surface area (Å²) in [6, 6.07) is 7.34. The molecule has 1 aromatic rings. The lowest BCUT2D eigenvalue weighted by Crippen LogP contribution is -2.35. The summed E-state index contributed by atoms with van der Waals surface area (Å²) in [4.78, 5) is 12.2. The van der Waals surface area contributed by atoms with Crippen molar-refractivity contribution >= 4 is 13.7 Å². The zero-order valence-corrected chi connectivity index (χ0v) is 16.2. The summed E-state index contributed by atoms with van der Waals surface area (Å²) in [5, 5.41) is 2.65. The van der Waals surface area contributed by atoms with Gasteiger partial charge in [-0.3, -0.25) is 4.57 Å². The van der Waals surface area contributed by atoms with Crippen LogP contribution in [0.2, 0.25) is 0 Å². The molecule has 0 aliphatic rings. The van der Waals surface area contributed by atoms with E-state index in [4.69, 9.17) is 13.8 Å². The van der Waals surface area contributed by atoms with E-state index in [9.17, 15) is 9.36 Å². The Morgan fingerprint density at radius 2 is 1.62 bits per heavy atom. The average molecular weight is 357 g/mol. The smallest absolute Gasteiger partial charge is 0.408 e. The minimum atomic E-state index is -3.60. The Morgan fingerprint density at radius 1 is 1.12 bits per heavy atom. The Kier molecular flexibility index (Phi) is 7.46. The summed E-state index contributed by atoms with van der Waals surface area (Å²) in [7, 11) is -3.60. The predicted octanol–water partition coefficient (Wildman–Crippen LogP) is 4.78. The third-order valence-electron chi connectivity index (χ3n) is 2.98. The first-order valence-electron chi connectivity index (χ1n) is 8.06. The molecule has 0 heterocycles. The van der Waals surface area contributed by atoms with Crippen LogP contribution in [0.4, 0.5) is 4.79 Å². The Hall–Kier alpha value is -1.36. The average Bonchev–Trinajstić information content (AvgIpc) is 2.44. The van der Waals surface area contributed by atoms with Crippen molar-refractivity contribution in [2.75, 3.05) is 13.2 Å². The summed E-state index contributed by atoms with van der Waals surface area (Å²) < 4.78 is 29.3. The van der Waals surface area contributed by atoms with Gasteiger partial charge in [-0.05, 0) is 47.1 Å². The number of nitrogens with one attached hydrogen (secondary N) is 1. The third-order valence-corrected chi connectivity index (χ3v) is 5.28. The van der Waals surface area contributed by atoms with Crippen molar-refractivity contribution in [2.45, 2.75) is 52.9 Å². The van der Waals surface area contributed by atoms with Gasteiger partial charge in [0.2, 0.25) is 0 Å². The van der Waals surface area contributed by atoms with E-state index >= 15 is 0 Å². The summed E-state index contributed by atoms with van der Waals surface area (Å²) >= 11 is 0. The van der Waals surface area contributed by atoms with Gasteiger partial charge < -0.3 is 19.1 Å². The van der Waals surface area contributed by atoms with Crippen LogP contribution in [0.1, 0.15) is 51.5 Å². The van der Waals surface area contributed by atoms with Gasteiger partial charge in [-0.15, -0.1) is 0 Å². The number of rotatable bonds is 7. The van der Waals surface area contributed by atoms with Crippen molar-refractivity contribution in [3.8, 4) is 0 Å². The van der Waals surface area contributed by atoms with Gasteiger partial charge in [-0.1, -0.05) is 29.8 Å². The lowest BCUT2D eigenvalue weighted by atomic mass is 10.1. The predicted molar refractivity (Wildman–Crippen MR) is 94.1 cm³/mol. The van der Waals surface area contributed by atoms with Crippen molar-refractivity contribution in [1.82, 2.24) is 5.32 Å². The summed E-state index contributed by atoms with van der Waals surface area (Å²) in [5.74, 6) is -0.937. The van der Waals surface area contributed by atoms with Crippen molar-refractivity contribution < 1.29 is 23.1 Å². The molecule has 0 aliphatic carbocycles. The Bertz CT molecular complexity index is 570. The SMILES string of the molecule is CCOP(=O)(OCC)[C@@H](NC(=O)OC(C)(C)C)c1ccc(C)cc1. The van der Waals surface area contributed by atoms with Crippen molar-refractivity contribution in [3.05, 3.63) is 35.4 Å². The normalized spacial score (nSPS) is 13.4. The first-order valence-corrected chi connectivity index (χ1v) is 9.67. The number of amides is 1. The molecule has 1 aromatic carbocycles. The third kappa shape index (κ3) is 6.27. The first-order chi connectivity index (χ1) is 11.1. The second-order valence-electron chi connectivity index (χ2n) is 6.33. The summed E-state index contributed by atoms with van der Waals surface area (Å²) in [6.45, 7) is 11.1. The van der Waals surface area contributed by atoms with Crippen LogP contribution in [0, 0.1) is 6.92 Å². The Labute approximate surface area is 144 Å². The summed E-state index contributed by atoms with van der Waals surface area (Å²) in [6.07, 6.45) is -0.673. The molecule has 0 unspecified atom stereocenters. The molecular weight excluding hydrogens is 329 g/mol. The zero-order chi connectivity index (χ0) is 18.4. The highest BCUT2D eigenvalue weighted by atomic mass is 31.2. The van der Waals surface area contributed by atoms with Gasteiger partial charge >= 0.3 is 13.7 Å². The fourth-order valence-electron chi connectivity index (χ4n) is 2.06. The first kappa shape index (κ1) is 20.7.